The molecule has 0 radical (unpaired) electrons. The van der Waals surface area contributed by atoms with Crippen molar-refractivity contribution in [2.24, 2.45) is 0 Å². The summed E-state index contributed by atoms with van der Waals surface area (Å²) in [5.74, 6) is -0.941. The zero-order valence-electron chi connectivity index (χ0n) is 10.5. The Kier molecular flexibility index (Phi) is 5.45. The molecule has 1 aromatic rings. The van der Waals surface area contributed by atoms with Gasteiger partial charge in [-0.25, -0.2) is 12.8 Å². The number of halogens is 2. The van der Waals surface area contributed by atoms with Crippen LogP contribution in [0.4, 0.5) is 4.39 Å². The maximum Gasteiger partial charge on any atom is 0.244 e. The van der Waals surface area contributed by atoms with Crippen molar-refractivity contribution in [3.05, 3.63) is 28.5 Å². The van der Waals surface area contributed by atoms with Crippen molar-refractivity contribution in [3.8, 4) is 0 Å². The van der Waals surface area contributed by atoms with Crippen molar-refractivity contribution in [2.45, 2.75) is 11.8 Å². The second-order valence-corrected chi connectivity index (χ2v) is 6.66. The van der Waals surface area contributed by atoms with Gasteiger partial charge >= 0.3 is 0 Å². The van der Waals surface area contributed by atoms with Gasteiger partial charge in [-0.2, -0.15) is 4.31 Å². The van der Waals surface area contributed by atoms with Crippen LogP contribution in [0.1, 0.15) is 6.92 Å². The fourth-order valence-corrected chi connectivity index (χ4v) is 3.53. The molecular weight excluding hydrogens is 339 g/mol. The SMILES string of the molecule is CCNC(=O)CN(C)S(=O)(=O)c1ccc(F)cc1Br. The van der Waals surface area contributed by atoms with E-state index in [1.165, 1.54) is 7.05 Å². The quantitative estimate of drug-likeness (QED) is 0.869. The summed E-state index contributed by atoms with van der Waals surface area (Å²) in [7, 11) is -2.55. The zero-order chi connectivity index (χ0) is 14.6. The molecule has 0 aliphatic rings. The number of amides is 1. The zero-order valence-corrected chi connectivity index (χ0v) is 12.9. The average molecular weight is 353 g/mol. The van der Waals surface area contributed by atoms with E-state index in [4.69, 9.17) is 0 Å². The molecule has 0 saturated carbocycles. The molecular formula is C11H14BrFN2O3S. The summed E-state index contributed by atoms with van der Waals surface area (Å²) in [4.78, 5) is 11.3. The van der Waals surface area contributed by atoms with Crippen LogP contribution >= 0.6 is 15.9 Å². The second kappa shape index (κ2) is 6.44. The van der Waals surface area contributed by atoms with E-state index in [9.17, 15) is 17.6 Å². The number of rotatable bonds is 5. The molecule has 0 aliphatic carbocycles. The Morgan fingerprint density at radius 2 is 2.11 bits per heavy atom. The Morgan fingerprint density at radius 1 is 1.47 bits per heavy atom. The Labute approximate surface area is 120 Å². The normalized spacial score (nSPS) is 11.6. The van der Waals surface area contributed by atoms with Crippen LogP contribution in [-0.4, -0.2) is 38.8 Å². The van der Waals surface area contributed by atoms with E-state index in [1.807, 2.05) is 0 Å². The Morgan fingerprint density at radius 3 is 2.63 bits per heavy atom. The number of likely N-dealkylation sites (N-methyl/N-ethyl adjacent to an activating group) is 2. The van der Waals surface area contributed by atoms with Crippen LogP contribution in [0.25, 0.3) is 0 Å². The molecule has 19 heavy (non-hydrogen) atoms. The molecule has 1 N–H and O–H groups in total. The predicted molar refractivity (Wildman–Crippen MR) is 72.6 cm³/mol. The van der Waals surface area contributed by atoms with E-state index in [0.717, 1.165) is 22.5 Å². The summed E-state index contributed by atoms with van der Waals surface area (Å²) in [6.07, 6.45) is 0. The number of hydrogen-bond donors (Lipinski definition) is 1. The van der Waals surface area contributed by atoms with Gasteiger partial charge in [0.2, 0.25) is 15.9 Å². The highest BCUT2D eigenvalue weighted by Gasteiger charge is 2.25. The lowest BCUT2D eigenvalue weighted by atomic mass is 10.3. The lowest BCUT2D eigenvalue weighted by Crippen LogP contribution is -2.38. The summed E-state index contributed by atoms with van der Waals surface area (Å²) in [5.41, 5.74) is 0. The van der Waals surface area contributed by atoms with Crippen molar-refractivity contribution in [1.29, 1.82) is 0 Å². The lowest BCUT2D eigenvalue weighted by molar-refractivity contribution is -0.121. The first-order chi connectivity index (χ1) is 8.78. The van der Waals surface area contributed by atoms with Crippen LogP contribution in [0.3, 0.4) is 0 Å². The van der Waals surface area contributed by atoms with Gasteiger partial charge in [0, 0.05) is 18.1 Å². The minimum Gasteiger partial charge on any atom is -0.355 e. The third kappa shape index (κ3) is 3.99. The molecule has 0 saturated heterocycles. The Bertz CT molecular complexity index is 577. The topological polar surface area (TPSA) is 66.5 Å². The maximum absolute atomic E-state index is 12.9. The molecule has 1 aromatic carbocycles. The van der Waals surface area contributed by atoms with Crippen LogP contribution in [0.2, 0.25) is 0 Å². The van der Waals surface area contributed by atoms with Crippen molar-refractivity contribution in [3.63, 3.8) is 0 Å². The van der Waals surface area contributed by atoms with Crippen LogP contribution < -0.4 is 5.32 Å². The minimum absolute atomic E-state index is 0.0827. The van der Waals surface area contributed by atoms with Crippen LogP contribution in [0.5, 0.6) is 0 Å². The van der Waals surface area contributed by atoms with Gasteiger partial charge in [-0.15, -0.1) is 0 Å². The molecule has 0 bridgehead atoms. The molecule has 5 nitrogen and oxygen atoms in total. The van der Waals surface area contributed by atoms with Gasteiger partial charge < -0.3 is 5.32 Å². The van der Waals surface area contributed by atoms with E-state index < -0.39 is 21.7 Å². The molecule has 1 rings (SSSR count). The molecule has 0 aliphatic heterocycles. The van der Waals surface area contributed by atoms with E-state index in [2.05, 4.69) is 21.2 Å². The second-order valence-electron chi connectivity index (χ2n) is 3.79. The van der Waals surface area contributed by atoms with Gasteiger partial charge in [0.05, 0.1) is 11.4 Å². The minimum atomic E-state index is -3.84. The van der Waals surface area contributed by atoms with Gasteiger partial charge in [0.25, 0.3) is 0 Å². The van der Waals surface area contributed by atoms with Crippen molar-refractivity contribution in [2.75, 3.05) is 20.1 Å². The van der Waals surface area contributed by atoms with Crippen LogP contribution in [0.15, 0.2) is 27.6 Å². The molecule has 0 heterocycles. The molecule has 0 fully saturated rings. The molecule has 1 amide bonds. The largest absolute Gasteiger partial charge is 0.355 e. The van der Waals surface area contributed by atoms with Crippen LogP contribution in [0, 0.1) is 5.82 Å². The van der Waals surface area contributed by atoms with Gasteiger partial charge in [-0.05, 0) is 41.1 Å². The average Bonchev–Trinajstić information content (AvgIpc) is 2.28. The van der Waals surface area contributed by atoms with Crippen molar-refractivity contribution in [1.82, 2.24) is 9.62 Å². The lowest BCUT2D eigenvalue weighted by Gasteiger charge is -2.17. The summed E-state index contributed by atoms with van der Waals surface area (Å²) < 4.78 is 38.4. The standard InChI is InChI=1S/C11H14BrFN2O3S/c1-3-14-11(16)7-15(2)19(17,18)10-5-4-8(13)6-9(10)12/h4-6H,3,7H2,1-2H3,(H,14,16). The summed E-state index contributed by atoms with van der Waals surface area (Å²) in [5, 5.41) is 2.51. The van der Waals surface area contributed by atoms with Crippen molar-refractivity contribution >= 4 is 31.9 Å². The monoisotopic (exact) mass is 352 g/mol. The van der Waals surface area contributed by atoms with E-state index in [-0.39, 0.29) is 15.9 Å². The molecule has 8 heteroatoms. The fourth-order valence-electron chi connectivity index (χ4n) is 1.39. The van der Waals surface area contributed by atoms with Gasteiger partial charge in [-0.3, -0.25) is 4.79 Å². The number of carbonyl (C=O) groups is 1. The van der Waals surface area contributed by atoms with E-state index >= 15 is 0 Å². The summed E-state index contributed by atoms with van der Waals surface area (Å²) in [6, 6.07) is 3.27. The predicted octanol–water partition coefficient (Wildman–Crippen LogP) is 1.34. The van der Waals surface area contributed by atoms with E-state index in [1.54, 1.807) is 6.92 Å². The van der Waals surface area contributed by atoms with Crippen molar-refractivity contribution < 1.29 is 17.6 Å². The van der Waals surface area contributed by atoms with Gasteiger partial charge in [-0.1, -0.05) is 0 Å². The highest BCUT2D eigenvalue weighted by Crippen LogP contribution is 2.25. The smallest absolute Gasteiger partial charge is 0.244 e. The third-order valence-corrected chi connectivity index (χ3v) is 5.10. The van der Waals surface area contributed by atoms with Crippen LogP contribution in [-0.2, 0) is 14.8 Å². The van der Waals surface area contributed by atoms with E-state index in [0.29, 0.717) is 6.54 Å². The first-order valence-corrected chi connectivity index (χ1v) is 7.70. The number of carbonyl (C=O) groups excluding carboxylic acids is 1. The summed E-state index contributed by atoms with van der Waals surface area (Å²) >= 11 is 3.00. The van der Waals surface area contributed by atoms with Gasteiger partial charge in [0.1, 0.15) is 5.82 Å². The molecule has 0 atom stereocenters. The first-order valence-electron chi connectivity index (χ1n) is 5.47. The number of nitrogens with one attached hydrogen (secondary N) is 1. The molecule has 106 valence electrons. The highest BCUT2D eigenvalue weighted by atomic mass is 79.9. The first kappa shape index (κ1) is 16.1. The fraction of sp³-hybridized carbons (Fsp3) is 0.364. The highest BCUT2D eigenvalue weighted by molar-refractivity contribution is 9.10. The third-order valence-electron chi connectivity index (χ3n) is 2.32. The maximum atomic E-state index is 12.9. The molecule has 0 spiro atoms. The Hall–Kier alpha value is -0.990. The Balaban J connectivity index is 3.00. The number of nitrogens with zero attached hydrogens (tertiary/aromatic N) is 1. The van der Waals surface area contributed by atoms with Gasteiger partial charge in [0.15, 0.2) is 0 Å². The molecule has 0 aromatic heterocycles. The number of sulfonamides is 1. The number of hydrogen-bond acceptors (Lipinski definition) is 3. The summed E-state index contributed by atoms with van der Waals surface area (Å²) in [6.45, 7) is 1.87. The molecule has 0 unspecified atom stereocenters. The number of benzene rings is 1.